The van der Waals surface area contributed by atoms with Gasteiger partial charge in [0.15, 0.2) is 5.78 Å². The number of hydrogen-bond acceptors (Lipinski definition) is 4. The lowest BCUT2D eigenvalue weighted by molar-refractivity contribution is 0.0165. The molecular weight excluding hydrogens is 446 g/mol. The highest BCUT2D eigenvalue weighted by Crippen LogP contribution is 2.38. The van der Waals surface area contributed by atoms with Gasteiger partial charge in [-0.05, 0) is 37.8 Å². The van der Waals surface area contributed by atoms with Gasteiger partial charge < -0.3 is 0 Å². The van der Waals surface area contributed by atoms with Crippen LogP contribution in [-0.4, -0.2) is 60.9 Å². The molecule has 9 heteroatoms. The predicted molar refractivity (Wildman–Crippen MR) is 120 cm³/mol. The molecule has 3 rings (SSSR count). The number of piperazine rings is 1. The molecule has 1 aliphatic heterocycles. The maximum Gasteiger partial charge on any atom is 0.214 e. The van der Waals surface area contributed by atoms with E-state index in [4.69, 9.17) is 0 Å². The third kappa shape index (κ3) is 6.24. The normalized spacial score (nSPS) is 20.2. The molecule has 0 atom stereocenters. The Morgan fingerprint density at radius 1 is 1.06 bits per heavy atom. The molecule has 1 saturated carbocycles. The van der Waals surface area contributed by atoms with Gasteiger partial charge >= 0.3 is 0 Å². The van der Waals surface area contributed by atoms with Gasteiger partial charge in [-0.2, -0.15) is 4.31 Å². The molecule has 1 saturated heterocycles. The first-order valence-electron chi connectivity index (χ1n) is 11.0. The lowest BCUT2D eigenvalue weighted by Crippen LogP contribution is -2.58. The number of rotatable bonds is 8. The summed E-state index contributed by atoms with van der Waals surface area (Å²) < 4.78 is 53.5. The van der Waals surface area contributed by atoms with Gasteiger partial charge in [-0.3, -0.25) is 9.69 Å². The molecule has 5 nitrogen and oxygen atoms in total. The Bertz CT molecular complexity index is 852. The van der Waals surface area contributed by atoms with Crippen molar-refractivity contribution in [1.82, 2.24) is 9.21 Å². The Balaban J connectivity index is 0.00000341. The van der Waals surface area contributed by atoms with Crippen molar-refractivity contribution >= 4 is 28.2 Å². The van der Waals surface area contributed by atoms with Crippen LogP contribution in [0.25, 0.3) is 0 Å². The van der Waals surface area contributed by atoms with E-state index in [-0.39, 0.29) is 41.5 Å². The van der Waals surface area contributed by atoms with Crippen molar-refractivity contribution < 1.29 is 22.0 Å². The number of carbonyl (C=O) groups is 1. The topological polar surface area (TPSA) is 57.7 Å². The molecule has 0 bridgehead atoms. The number of sulfonamides is 1. The summed E-state index contributed by atoms with van der Waals surface area (Å²) in [5.74, 6) is -1.63. The van der Waals surface area contributed by atoms with Gasteiger partial charge in [0.25, 0.3) is 0 Å². The first-order chi connectivity index (χ1) is 14.3. The minimum absolute atomic E-state index is 0. The van der Waals surface area contributed by atoms with Gasteiger partial charge in [-0.1, -0.05) is 26.2 Å². The molecule has 0 amide bonds. The molecule has 0 unspecified atom stereocenters. The Morgan fingerprint density at radius 3 is 2.29 bits per heavy atom. The zero-order chi connectivity index (χ0) is 21.8. The lowest BCUT2D eigenvalue weighted by Gasteiger charge is -2.50. The molecule has 1 aromatic carbocycles. The van der Waals surface area contributed by atoms with E-state index in [9.17, 15) is 22.0 Å². The molecular formula is C22H33ClF2N2O3S. The van der Waals surface area contributed by atoms with E-state index in [0.717, 1.165) is 44.2 Å². The monoisotopic (exact) mass is 478 g/mol. The summed E-state index contributed by atoms with van der Waals surface area (Å²) in [5, 5.41) is 0. The molecule has 1 aliphatic carbocycles. The highest BCUT2D eigenvalue weighted by Gasteiger charge is 2.40. The van der Waals surface area contributed by atoms with Crippen LogP contribution in [0.5, 0.6) is 0 Å². The van der Waals surface area contributed by atoms with Crippen LogP contribution >= 0.6 is 12.4 Å². The second-order valence-corrected chi connectivity index (χ2v) is 10.6. The van der Waals surface area contributed by atoms with Gasteiger partial charge in [0, 0.05) is 44.2 Å². The van der Waals surface area contributed by atoms with Crippen LogP contribution in [-0.2, 0) is 10.0 Å². The van der Waals surface area contributed by atoms with Crippen molar-refractivity contribution in [2.75, 3.05) is 31.9 Å². The zero-order valence-electron chi connectivity index (χ0n) is 18.1. The third-order valence-corrected chi connectivity index (χ3v) is 8.67. The van der Waals surface area contributed by atoms with Gasteiger partial charge in [0.2, 0.25) is 10.0 Å². The predicted octanol–water partition coefficient (Wildman–Crippen LogP) is 4.41. The molecule has 1 aromatic rings. The minimum Gasteiger partial charge on any atom is -0.295 e. The summed E-state index contributed by atoms with van der Waals surface area (Å²) in [5.41, 5.74) is -0.205. The summed E-state index contributed by atoms with van der Waals surface area (Å²) >= 11 is 0. The maximum atomic E-state index is 14.0. The van der Waals surface area contributed by atoms with E-state index in [1.54, 1.807) is 4.31 Å². The van der Waals surface area contributed by atoms with Gasteiger partial charge in [-0.25, -0.2) is 17.2 Å². The first-order valence-corrected chi connectivity index (χ1v) is 12.6. The lowest BCUT2D eigenvalue weighted by atomic mass is 9.76. The highest BCUT2D eigenvalue weighted by atomic mass is 35.5. The van der Waals surface area contributed by atoms with Crippen LogP contribution in [0.15, 0.2) is 18.2 Å². The second-order valence-electron chi connectivity index (χ2n) is 8.53. The molecule has 0 N–H and O–H groups in total. The van der Waals surface area contributed by atoms with Gasteiger partial charge in [-0.15, -0.1) is 12.4 Å². The van der Waals surface area contributed by atoms with Crippen LogP contribution < -0.4 is 0 Å². The van der Waals surface area contributed by atoms with E-state index in [0.29, 0.717) is 39.0 Å². The number of ketones is 1. The summed E-state index contributed by atoms with van der Waals surface area (Å²) in [7, 11) is -3.20. The molecule has 31 heavy (non-hydrogen) atoms. The number of hydrogen-bond donors (Lipinski definition) is 0. The fraction of sp³-hybridized carbons (Fsp3) is 0.682. The Morgan fingerprint density at radius 2 is 1.71 bits per heavy atom. The van der Waals surface area contributed by atoms with Crippen LogP contribution in [0.3, 0.4) is 0 Å². The van der Waals surface area contributed by atoms with Gasteiger partial charge in [0.05, 0.1) is 11.3 Å². The van der Waals surface area contributed by atoms with Crippen molar-refractivity contribution in [2.24, 2.45) is 0 Å². The van der Waals surface area contributed by atoms with Crippen molar-refractivity contribution in [1.29, 1.82) is 0 Å². The van der Waals surface area contributed by atoms with Crippen LogP contribution in [0.4, 0.5) is 8.78 Å². The van der Waals surface area contributed by atoms with E-state index < -0.39 is 21.7 Å². The van der Waals surface area contributed by atoms with Crippen LogP contribution in [0.1, 0.15) is 68.6 Å². The summed E-state index contributed by atoms with van der Waals surface area (Å²) in [6.07, 6.45) is 6.67. The van der Waals surface area contributed by atoms with Crippen molar-refractivity contribution in [2.45, 2.75) is 63.8 Å². The van der Waals surface area contributed by atoms with Crippen LogP contribution in [0, 0.1) is 11.6 Å². The third-order valence-electron chi connectivity index (χ3n) is 6.60. The highest BCUT2D eigenvalue weighted by molar-refractivity contribution is 7.89. The zero-order valence-corrected chi connectivity index (χ0v) is 19.7. The molecule has 176 valence electrons. The molecule has 2 aliphatic rings. The molecule has 1 heterocycles. The smallest absolute Gasteiger partial charge is 0.214 e. The number of nitrogens with zero attached hydrogens (tertiary/aromatic N) is 2. The Labute approximate surface area is 190 Å². The average molecular weight is 479 g/mol. The largest absolute Gasteiger partial charge is 0.295 e. The number of Topliss-reactive ketones (excluding diaryl/α,β-unsaturated/α-hetero) is 1. The van der Waals surface area contributed by atoms with Gasteiger partial charge in [0.1, 0.15) is 11.6 Å². The summed E-state index contributed by atoms with van der Waals surface area (Å²) in [6, 6.07) is 3.08. The maximum absolute atomic E-state index is 14.0. The fourth-order valence-corrected chi connectivity index (χ4v) is 6.45. The van der Waals surface area contributed by atoms with Crippen molar-refractivity contribution in [3.63, 3.8) is 0 Å². The minimum atomic E-state index is -3.20. The van der Waals surface area contributed by atoms with Crippen molar-refractivity contribution in [3.8, 4) is 0 Å². The fourth-order valence-electron chi connectivity index (χ4n) is 4.96. The quantitative estimate of drug-likeness (QED) is 0.519. The Hall–Kier alpha value is -1.09. The van der Waals surface area contributed by atoms with E-state index >= 15 is 0 Å². The summed E-state index contributed by atoms with van der Waals surface area (Å²) in [6.45, 7) is 4.13. The number of benzene rings is 1. The first kappa shape index (κ1) is 26.2. The molecule has 0 radical (unpaired) electrons. The van der Waals surface area contributed by atoms with Crippen molar-refractivity contribution in [3.05, 3.63) is 35.4 Å². The second kappa shape index (κ2) is 11.2. The van der Waals surface area contributed by atoms with E-state index in [1.807, 2.05) is 6.92 Å². The molecule has 0 aromatic heterocycles. The van der Waals surface area contributed by atoms with E-state index in [1.165, 1.54) is 6.07 Å². The summed E-state index contributed by atoms with van der Waals surface area (Å²) in [4.78, 5) is 15.0. The SMILES string of the molecule is CCCS(=O)(=O)N1CCN(C2(CCC(=O)c3ccc(F)cc3F)CCCCC2)CC1.Cl. The Kier molecular flexibility index (Phi) is 9.42. The standard InChI is InChI=1S/C22H32F2N2O3S.ClH/c1-2-16-30(28,29)26-14-12-25(13-15-26)22(9-4-3-5-10-22)11-8-21(27)19-7-6-18(23)17-20(19)24;/h6-7,17H,2-5,8-16H2,1H3;1H. The number of halogens is 3. The molecule has 2 fully saturated rings. The number of carbonyl (C=O) groups excluding carboxylic acids is 1. The average Bonchev–Trinajstić information content (AvgIpc) is 2.73. The van der Waals surface area contributed by atoms with Crippen LogP contribution in [0.2, 0.25) is 0 Å². The molecule has 0 spiro atoms. The van der Waals surface area contributed by atoms with E-state index in [2.05, 4.69) is 4.90 Å².